The monoisotopic (exact) mass is 679 g/mol. The van der Waals surface area contributed by atoms with Gasteiger partial charge in [-0.2, -0.15) is 0 Å². The van der Waals surface area contributed by atoms with Gasteiger partial charge in [0, 0.05) is 25.5 Å². The van der Waals surface area contributed by atoms with E-state index in [0.717, 1.165) is 13.1 Å². The number of hydrogen-bond donors (Lipinski definition) is 0. The van der Waals surface area contributed by atoms with Crippen LogP contribution in [0.3, 0.4) is 0 Å². The van der Waals surface area contributed by atoms with Crippen LogP contribution in [0.5, 0.6) is 0 Å². The van der Waals surface area contributed by atoms with E-state index in [1.807, 2.05) is 0 Å². The Morgan fingerprint density at radius 3 is 1.95 bits per heavy atom. The molecule has 4 aromatic carbocycles. The first kappa shape index (κ1) is 30.4. The van der Waals surface area contributed by atoms with Crippen LogP contribution in [0.4, 0.5) is 11.4 Å². The molecule has 6 rings (SSSR count). The fourth-order valence-corrected chi connectivity index (χ4v) is 5.10. The number of para-hydroxylation sites is 2. The minimum atomic E-state index is -0.106. The Bertz CT molecular complexity index is 1520. The van der Waals surface area contributed by atoms with Crippen molar-refractivity contribution in [2.75, 3.05) is 9.80 Å². The molecule has 208 valence electrons. The summed E-state index contributed by atoms with van der Waals surface area (Å²) < 4.78 is 0. The van der Waals surface area contributed by atoms with E-state index in [9.17, 15) is 0 Å². The third-order valence-corrected chi connectivity index (χ3v) is 6.92. The second kappa shape index (κ2) is 14.9. The van der Waals surface area contributed by atoms with Gasteiger partial charge in [-0.05, 0) is 78.1 Å². The molecule has 0 aliphatic carbocycles. The quantitative estimate of drug-likeness (QED) is 0.176. The van der Waals surface area contributed by atoms with E-state index in [-0.39, 0.29) is 15.9 Å². The maximum absolute atomic E-state index is 5.48. The Kier molecular flexibility index (Phi) is 11.3. The Balaban J connectivity index is 0.000000315. The van der Waals surface area contributed by atoms with Gasteiger partial charge in [-0.3, -0.25) is 4.98 Å². The van der Waals surface area contributed by atoms with Crippen LogP contribution in [0, 0.1) is 27.4 Å². The summed E-state index contributed by atoms with van der Waals surface area (Å²) in [6.45, 7) is 11.9. The molecule has 0 N–H and O–H groups in total. The molecule has 3 nitrogen and oxygen atoms in total. The van der Waals surface area contributed by atoms with Crippen molar-refractivity contribution in [1.82, 2.24) is 4.98 Å². The van der Waals surface area contributed by atoms with Crippen molar-refractivity contribution in [3.05, 3.63) is 143 Å². The van der Waals surface area contributed by atoms with E-state index >= 15 is 0 Å². The van der Waals surface area contributed by atoms with Crippen LogP contribution in [0.2, 0.25) is 5.02 Å². The fourth-order valence-electron chi connectivity index (χ4n) is 4.98. The second-order valence-corrected chi connectivity index (χ2v) is 12.3. The summed E-state index contributed by atoms with van der Waals surface area (Å²) in [4.78, 5) is 8.28. The summed E-state index contributed by atoms with van der Waals surface area (Å²) in [7, 11) is 9.63. The van der Waals surface area contributed by atoms with E-state index in [0.29, 0.717) is 5.02 Å². The molecular formula is C33H30Cl3N3Pd. The molecule has 0 bridgehead atoms. The van der Waals surface area contributed by atoms with E-state index in [4.69, 9.17) is 30.7 Å². The van der Waals surface area contributed by atoms with Crippen molar-refractivity contribution in [1.29, 1.82) is 0 Å². The van der Waals surface area contributed by atoms with Gasteiger partial charge in [-0.1, -0.05) is 83.9 Å². The van der Waals surface area contributed by atoms with Gasteiger partial charge in [-0.25, -0.2) is 0 Å². The summed E-state index contributed by atoms with van der Waals surface area (Å²) in [6.07, 6.45) is 3.29. The van der Waals surface area contributed by atoms with Crippen LogP contribution in [0.25, 0.3) is 10.8 Å². The molecule has 2 heterocycles. The van der Waals surface area contributed by atoms with E-state index in [2.05, 4.69) is 121 Å². The Morgan fingerprint density at radius 2 is 1.35 bits per heavy atom. The summed E-state index contributed by atoms with van der Waals surface area (Å²) in [6, 6.07) is 31.9. The molecule has 2 radical (unpaired) electrons. The van der Waals surface area contributed by atoms with Crippen LogP contribution in [0.1, 0.15) is 27.8 Å². The molecule has 1 aliphatic rings. The number of nitrogens with zero attached hydrogens (tertiary/aromatic N) is 3. The zero-order valence-electron chi connectivity index (χ0n) is 22.5. The summed E-state index contributed by atoms with van der Waals surface area (Å²) in [5.41, 5.74) is 9.15. The molecule has 0 saturated heterocycles. The number of hydrogen-bond acceptors (Lipinski definition) is 3. The molecule has 40 heavy (non-hydrogen) atoms. The molecule has 1 aliphatic heterocycles. The zero-order chi connectivity index (χ0) is 28.5. The van der Waals surface area contributed by atoms with Crippen molar-refractivity contribution in [3.8, 4) is 0 Å². The first-order valence-electron chi connectivity index (χ1n) is 12.7. The average molecular weight is 681 g/mol. The number of pyridine rings is 1. The minimum absolute atomic E-state index is 0.106. The van der Waals surface area contributed by atoms with Crippen molar-refractivity contribution in [3.63, 3.8) is 0 Å². The number of rotatable bonds is 4. The number of halogens is 3. The standard InChI is InChI=1S/C28H26N2.C5H4ClN.2ClH.Pd/c1-20-15-21(2)26(22(3)16-20)18-30-19-29(27-13-6-7-14-28(27)30)17-24-11-8-10-23-9-4-5-12-25(23)24;6-5-2-1-3-7-4-5;;;/h4-16H,17-18H2,1-3H3;1-4H;2*1H;/q;;;;+2/p-2. The molecule has 0 fully saturated rings. The van der Waals surface area contributed by atoms with Gasteiger partial charge in [-0.15, -0.1) is 0 Å². The first-order chi connectivity index (χ1) is 19.4. The number of fused-ring (bicyclic) bond motifs is 2. The molecule has 0 unspecified atom stereocenters. The Hall–Kier alpha value is -2.58. The Labute approximate surface area is 258 Å². The number of aromatic nitrogens is 1. The molecular weight excluding hydrogens is 651 g/mol. The van der Waals surface area contributed by atoms with Gasteiger partial charge >= 0.3 is 35.0 Å². The zero-order valence-corrected chi connectivity index (χ0v) is 26.3. The summed E-state index contributed by atoms with van der Waals surface area (Å²) in [5, 5.41) is 3.27. The summed E-state index contributed by atoms with van der Waals surface area (Å²) >= 11 is 5.37. The molecule has 0 amide bonds. The van der Waals surface area contributed by atoms with E-state index < -0.39 is 0 Å². The van der Waals surface area contributed by atoms with Gasteiger partial charge < -0.3 is 9.80 Å². The normalized spacial score (nSPS) is 11.9. The Morgan fingerprint density at radius 1 is 0.750 bits per heavy atom. The van der Waals surface area contributed by atoms with Crippen LogP contribution in [-0.2, 0) is 29.0 Å². The first-order valence-corrected chi connectivity index (χ1v) is 17.1. The van der Waals surface area contributed by atoms with Crippen molar-refractivity contribution in [2.24, 2.45) is 0 Å². The third-order valence-electron chi connectivity index (χ3n) is 6.70. The third kappa shape index (κ3) is 7.79. The number of benzene rings is 4. The molecule has 0 atom stereocenters. The SMILES string of the molecule is Cc1cc(C)c(CN2[C]N(Cc3cccc4ccccc34)c3ccccc32)c(C)c1.Clc1cccnc1.[Cl][Pd][Cl]. The van der Waals surface area contributed by atoms with Gasteiger partial charge in [0.05, 0.1) is 16.4 Å². The van der Waals surface area contributed by atoms with Crippen LogP contribution >= 0.6 is 30.7 Å². The van der Waals surface area contributed by atoms with E-state index in [1.165, 1.54) is 50.0 Å². The van der Waals surface area contributed by atoms with Gasteiger partial charge in [0.2, 0.25) is 6.67 Å². The number of aryl methyl sites for hydroxylation is 3. The number of anilines is 2. The molecule has 5 aromatic rings. The van der Waals surface area contributed by atoms with Crippen LogP contribution < -0.4 is 9.80 Å². The molecule has 7 heteroatoms. The molecule has 0 saturated carbocycles. The van der Waals surface area contributed by atoms with Gasteiger partial charge in [0.15, 0.2) is 0 Å². The van der Waals surface area contributed by atoms with Crippen LogP contribution in [0.15, 0.2) is 103 Å². The predicted molar refractivity (Wildman–Crippen MR) is 168 cm³/mol. The molecule has 1 aromatic heterocycles. The van der Waals surface area contributed by atoms with Crippen molar-refractivity contribution >= 4 is 52.8 Å². The van der Waals surface area contributed by atoms with E-state index in [1.54, 1.807) is 24.5 Å². The van der Waals surface area contributed by atoms with Gasteiger partial charge in [0.1, 0.15) is 0 Å². The van der Waals surface area contributed by atoms with Gasteiger partial charge in [0.25, 0.3) is 0 Å². The summed E-state index contributed by atoms with van der Waals surface area (Å²) in [5.74, 6) is 0. The topological polar surface area (TPSA) is 19.4 Å². The fraction of sp³-hybridized carbons (Fsp3) is 0.152. The average Bonchev–Trinajstić information content (AvgIpc) is 3.29. The maximum atomic E-state index is 5.48. The van der Waals surface area contributed by atoms with Crippen molar-refractivity contribution in [2.45, 2.75) is 33.9 Å². The van der Waals surface area contributed by atoms with Crippen LogP contribution in [-0.4, -0.2) is 4.98 Å². The second-order valence-electron chi connectivity index (χ2n) is 9.49. The molecule has 0 spiro atoms. The predicted octanol–water partition coefficient (Wildman–Crippen LogP) is 9.90. The van der Waals surface area contributed by atoms with Crippen molar-refractivity contribution < 1.29 is 15.9 Å².